The van der Waals surface area contributed by atoms with Gasteiger partial charge in [0.05, 0.1) is 17.1 Å². The maximum Gasteiger partial charge on any atom is 0.295 e. The maximum atomic E-state index is 13.5. The number of aromatic nitrogens is 2. The van der Waals surface area contributed by atoms with Crippen LogP contribution in [0.4, 0.5) is 11.4 Å². The second kappa shape index (κ2) is 10.0. The zero-order chi connectivity index (χ0) is 25.9. The van der Waals surface area contributed by atoms with Crippen LogP contribution >= 0.6 is 11.8 Å². The van der Waals surface area contributed by atoms with Gasteiger partial charge in [-0.3, -0.25) is 14.3 Å². The monoisotopic (exact) mass is 506 g/mol. The molecule has 0 aliphatic carbocycles. The molecular formula is C28H22N6O2S. The highest BCUT2D eigenvalue weighted by atomic mass is 32.2. The number of nitrogens with zero attached hydrogens (tertiary/aromatic N) is 5. The number of hydrogen-bond acceptors (Lipinski definition) is 6. The Labute approximate surface area is 217 Å². The van der Waals surface area contributed by atoms with E-state index < -0.39 is 5.91 Å². The summed E-state index contributed by atoms with van der Waals surface area (Å²) in [6.45, 7) is 1.74. The molecule has 0 spiro atoms. The van der Waals surface area contributed by atoms with Gasteiger partial charge >= 0.3 is 0 Å². The third-order valence-electron chi connectivity index (χ3n) is 5.94. The average molecular weight is 507 g/mol. The van der Waals surface area contributed by atoms with Crippen LogP contribution in [0.2, 0.25) is 0 Å². The van der Waals surface area contributed by atoms with E-state index in [-0.39, 0.29) is 16.8 Å². The fraction of sp³-hybridized carbons (Fsp3) is 0.0714. The second-order valence-corrected chi connectivity index (χ2v) is 9.18. The first-order valence-corrected chi connectivity index (χ1v) is 12.3. The van der Waals surface area contributed by atoms with E-state index in [9.17, 15) is 14.9 Å². The number of carbonyl (C=O) groups excluding carboxylic acids is 1. The lowest BCUT2D eigenvalue weighted by atomic mass is 10.2. The van der Waals surface area contributed by atoms with Crippen LogP contribution in [0.25, 0.3) is 5.69 Å². The number of hydrogen-bond donors (Lipinski definition) is 1. The average Bonchev–Trinajstić information content (AvgIpc) is 3.46. The Bertz CT molecular complexity index is 1630. The van der Waals surface area contributed by atoms with E-state index in [4.69, 9.17) is 5.10 Å². The lowest BCUT2D eigenvalue weighted by Crippen LogP contribution is -2.24. The van der Waals surface area contributed by atoms with Crippen LogP contribution in [0.3, 0.4) is 0 Å². The Kier molecular flexibility index (Phi) is 6.49. The van der Waals surface area contributed by atoms with Crippen molar-refractivity contribution < 1.29 is 4.79 Å². The molecule has 1 aromatic heterocycles. The van der Waals surface area contributed by atoms with E-state index in [1.807, 2.05) is 97.1 Å². The quantitative estimate of drug-likeness (QED) is 0.311. The standard InChI is InChI=1S/C28H22N6O2S/c1-19-24(27(36)34(32(19)2)22-16-10-5-11-17-22)30-25(35)23(18-29)28-33(21-14-8-4-9-15-21)31-26(37-28)20-12-6-3-7-13-20/h3-17H,1-2H3,(H,30,35)/b28-23-. The van der Waals surface area contributed by atoms with Crippen molar-refractivity contribution in [1.82, 2.24) is 9.36 Å². The van der Waals surface area contributed by atoms with Gasteiger partial charge in [-0.05, 0) is 43.0 Å². The van der Waals surface area contributed by atoms with Gasteiger partial charge in [0.1, 0.15) is 27.4 Å². The van der Waals surface area contributed by atoms with Crippen LogP contribution in [0, 0.1) is 18.3 Å². The highest BCUT2D eigenvalue weighted by Crippen LogP contribution is 2.38. The van der Waals surface area contributed by atoms with Crippen LogP contribution in [-0.4, -0.2) is 20.3 Å². The van der Waals surface area contributed by atoms with Gasteiger partial charge in [-0.1, -0.05) is 66.7 Å². The molecule has 9 heteroatoms. The van der Waals surface area contributed by atoms with E-state index in [1.54, 1.807) is 23.7 Å². The fourth-order valence-electron chi connectivity index (χ4n) is 3.97. The lowest BCUT2D eigenvalue weighted by Gasteiger charge is -2.16. The van der Waals surface area contributed by atoms with Crippen molar-refractivity contribution in [3.8, 4) is 11.8 Å². The molecule has 0 saturated heterocycles. The van der Waals surface area contributed by atoms with Gasteiger partial charge in [-0.2, -0.15) is 10.4 Å². The van der Waals surface area contributed by atoms with Gasteiger partial charge in [-0.25, -0.2) is 9.69 Å². The Balaban J connectivity index is 1.55. The number of nitrogens with one attached hydrogen (secondary N) is 1. The van der Waals surface area contributed by atoms with Crippen LogP contribution in [-0.2, 0) is 11.8 Å². The fourth-order valence-corrected chi connectivity index (χ4v) is 5.01. The number of para-hydroxylation sites is 2. The van der Waals surface area contributed by atoms with E-state index in [0.29, 0.717) is 27.1 Å². The maximum absolute atomic E-state index is 13.5. The molecule has 8 nitrogen and oxygen atoms in total. The molecule has 0 unspecified atom stereocenters. The summed E-state index contributed by atoms with van der Waals surface area (Å²) in [6, 6.07) is 30.1. The van der Waals surface area contributed by atoms with Crippen molar-refractivity contribution in [3.05, 3.63) is 123 Å². The summed E-state index contributed by atoms with van der Waals surface area (Å²) in [5, 5.41) is 20.1. The van der Waals surface area contributed by atoms with Gasteiger partial charge in [0, 0.05) is 12.6 Å². The predicted octanol–water partition coefficient (Wildman–Crippen LogP) is 4.77. The summed E-state index contributed by atoms with van der Waals surface area (Å²) < 4.78 is 3.14. The van der Waals surface area contributed by atoms with Crippen LogP contribution in [0.15, 0.2) is 111 Å². The SMILES string of the molecule is Cc1c(NC(=O)/C(C#N)=C2\SC(c3ccccc3)=NN2c2ccccc2)c(=O)n(-c2ccccc2)n1C. The molecule has 0 atom stereocenters. The molecule has 2 heterocycles. The molecule has 1 amide bonds. The Morgan fingerprint density at radius 3 is 2.08 bits per heavy atom. The highest BCUT2D eigenvalue weighted by Gasteiger charge is 2.31. The van der Waals surface area contributed by atoms with E-state index >= 15 is 0 Å². The highest BCUT2D eigenvalue weighted by molar-refractivity contribution is 8.18. The summed E-state index contributed by atoms with van der Waals surface area (Å²) >= 11 is 1.24. The number of carbonyl (C=O) groups is 1. The molecule has 3 aromatic carbocycles. The minimum atomic E-state index is -0.679. The third kappa shape index (κ3) is 4.46. The molecule has 0 saturated carbocycles. The normalized spacial score (nSPS) is 14.2. The third-order valence-corrected chi connectivity index (χ3v) is 7.02. The number of amides is 1. The number of rotatable bonds is 5. The van der Waals surface area contributed by atoms with Crippen molar-refractivity contribution >= 4 is 34.1 Å². The van der Waals surface area contributed by atoms with Gasteiger partial charge in [-0.15, -0.1) is 0 Å². The van der Waals surface area contributed by atoms with Crippen molar-refractivity contribution in [3.63, 3.8) is 0 Å². The molecule has 0 bridgehead atoms. The summed E-state index contributed by atoms with van der Waals surface area (Å²) in [4.78, 5) is 26.8. The number of nitriles is 1. The molecule has 0 fully saturated rings. The molecule has 0 radical (unpaired) electrons. The molecular weight excluding hydrogens is 484 g/mol. The molecule has 1 aliphatic heterocycles. The zero-order valence-electron chi connectivity index (χ0n) is 20.1. The first kappa shape index (κ1) is 23.9. The molecule has 182 valence electrons. The zero-order valence-corrected chi connectivity index (χ0v) is 20.9. The number of hydrazone groups is 1. The smallest absolute Gasteiger partial charge is 0.295 e. The van der Waals surface area contributed by atoms with Gasteiger partial charge in [0.15, 0.2) is 0 Å². The van der Waals surface area contributed by atoms with Crippen molar-refractivity contribution in [2.45, 2.75) is 6.92 Å². The Morgan fingerprint density at radius 2 is 1.49 bits per heavy atom. The minimum absolute atomic E-state index is 0.114. The van der Waals surface area contributed by atoms with Gasteiger partial charge < -0.3 is 5.32 Å². The van der Waals surface area contributed by atoms with Crippen LogP contribution in [0.5, 0.6) is 0 Å². The molecule has 4 aromatic rings. The summed E-state index contributed by atoms with van der Waals surface area (Å²) in [5.74, 6) is -0.679. The van der Waals surface area contributed by atoms with E-state index in [2.05, 4.69) is 5.32 Å². The Hall–Kier alpha value is -4.81. The van der Waals surface area contributed by atoms with E-state index in [0.717, 1.165) is 5.56 Å². The lowest BCUT2D eigenvalue weighted by molar-refractivity contribution is -0.112. The van der Waals surface area contributed by atoms with Gasteiger partial charge in [0.25, 0.3) is 11.5 Å². The first-order valence-electron chi connectivity index (χ1n) is 11.5. The number of benzene rings is 3. The number of anilines is 2. The number of thioether (sulfide) groups is 1. The first-order chi connectivity index (χ1) is 18.0. The molecule has 1 aliphatic rings. The second-order valence-electron chi connectivity index (χ2n) is 8.20. The van der Waals surface area contributed by atoms with Crippen LogP contribution < -0.4 is 15.9 Å². The van der Waals surface area contributed by atoms with Crippen molar-refractivity contribution in [1.29, 1.82) is 5.26 Å². The van der Waals surface area contributed by atoms with Gasteiger partial charge in [0.2, 0.25) is 0 Å². The summed E-state index contributed by atoms with van der Waals surface area (Å²) in [5.41, 5.74) is 2.39. The van der Waals surface area contributed by atoms with Crippen LogP contribution in [0.1, 0.15) is 11.3 Å². The Morgan fingerprint density at radius 1 is 0.919 bits per heavy atom. The van der Waals surface area contributed by atoms with Crippen molar-refractivity contribution in [2.75, 3.05) is 10.3 Å². The largest absolute Gasteiger partial charge is 0.315 e. The summed E-state index contributed by atoms with van der Waals surface area (Å²) in [7, 11) is 1.74. The summed E-state index contributed by atoms with van der Waals surface area (Å²) in [6.07, 6.45) is 0. The minimum Gasteiger partial charge on any atom is -0.315 e. The molecule has 1 N–H and O–H groups in total. The topological polar surface area (TPSA) is 95.4 Å². The molecule has 37 heavy (non-hydrogen) atoms. The van der Waals surface area contributed by atoms with E-state index in [1.165, 1.54) is 16.4 Å². The predicted molar refractivity (Wildman–Crippen MR) is 147 cm³/mol. The molecule has 5 rings (SSSR count). The van der Waals surface area contributed by atoms with Crippen molar-refractivity contribution in [2.24, 2.45) is 12.1 Å².